The third kappa shape index (κ3) is 6.16. The Morgan fingerprint density at radius 1 is 1.04 bits per heavy atom. The zero-order valence-electron chi connectivity index (χ0n) is 15.5. The molecule has 3 rings (SSSR count). The minimum atomic E-state index is -0.0311. The number of halogens is 1. The molecule has 0 saturated carbocycles. The van der Waals surface area contributed by atoms with E-state index in [1.165, 1.54) is 0 Å². The third-order valence-electron chi connectivity index (χ3n) is 4.30. The van der Waals surface area contributed by atoms with Crippen LogP contribution in [0, 0.1) is 0 Å². The largest absolute Gasteiger partial charge is 0.494 e. The predicted molar refractivity (Wildman–Crippen MR) is 108 cm³/mol. The fourth-order valence-electron chi connectivity index (χ4n) is 2.85. The van der Waals surface area contributed by atoms with Gasteiger partial charge in [-0.2, -0.15) is 0 Å². The lowest BCUT2D eigenvalue weighted by molar-refractivity contribution is -0.121. The van der Waals surface area contributed by atoms with Gasteiger partial charge in [-0.3, -0.25) is 9.59 Å². The summed E-state index contributed by atoms with van der Waals surface area (Å²) in [6.07, 6.45) is 2.24. The number of benzene rings is 2. The maximum absolute atomic E-state index is 11.9. The van der Waals surface area contributed by atoms with Crippen LogP contribution < -0.4 is 20.1 Å². The molecule has 1 heterocycles. The molecule has 28 heavy (non-hydrogen) atoms. The van der Waals surface area contributed by atoms with E-state index in [-0.39, 0.29) is 11.8 Å². The van der Waals surface area contributed by atoms with Crippen molar-refractivity contribution in [1.82, 2.24) is 5.32 Å². The van der Waals surface area contributed by atoms with Crippen LogP contribution in [0.3, 0.4) is 0 Å². The molecule has 1 aliphatic heterocycles. The molecule has 6 nitrogen and oxygen atoms in total. The SMILES string of the molecule is O=C(CCCOc1ccc(Cl)cc1)NCCOc1ccc2c(c1)CCC(=O)N2. The van der Waals surface area contributed by atoms with Crippen LogP contribution in [0.4, 0.5) is 5.69 Å². The number of hydrogen-bond donors (Lipinski definition) is 2. The zero-order chi connectivity index (χ0) is 19.8. The van der Waals surface area contributed by atoms with Crippen LogP contribution in [0.15, 0.2) is 42.5 Å². The Labute approximate surface area is 169 Å². The highest BCUT2D eigenvalue weighted by Crippen LogP contribution is 2.26. The number of aryl methyl sites for hydroxylation is 1. The zero-order valence-corrected chi connectivity index (χ0v) is 16.3. The molecular formula is C21H23ClN2O4. The first-order valence-corrected chi connectivity index (χ1v) is 9.68. The minimum absolute atomic E-state index is 0.0311. The van der Waals surface area contributed by atoms with Crippen molar-refractivity contribution in [2.24, 2.45) is 0 Å². The van der Waals surface area contributed by atoms with Gasteiger partial charge in [0, 0.05) is 23.6 Å². The van der Waals surface area contributed by atoms with Gasteiger partial charge >= 0.3 is 0 Å². The number of fused-ring (bicyclic) bond motifs is 1. The van der Waals surface area contributed by atoms with Crippen molar-refractivity contribution in [2.45, 2.75) is 25.7 Å². The summed E-state index contributed by atoms with van der Waals surface area (Å²) in [5.74, 6) is 1.49. The monoisotopic (exact) mass is 402 g/mol. The van der Waals surface area contributed by atoms with Gasteiger partial charge in [0.15, 0.2) is 0 Å². The molecule has 2 aromatic carbocycles. The normalized spacial score (nSPS) is 12.7. The topological polar surface area (TPSA) is 76.7 Å². The molecule has 0 atom stereocenters. The van der Waals surface area contributed by atoms with Gasteiger partial charge in [-0.05, 0) is 60.9 Å². The number of carbonyl (C=O) groups excluding carboxylic acids is 2. The highest BCUT2D eigenvalue weighted by atomic mass is 35.5. The first-order valence-electron chi connectivity index (χ1n) is 9.31. The van der Waals surface area contributed by atoms with Gasteiger partial charge < -0.3 is 20.1 Å². The highest BCUT2D eigenvalue weighted by molar-refractivity contribution is 6.30. The van der Waals surface area contributed by atoms with E-state index in [1.807, 2.05) is 18.2 Å². The van der Waals surface area contributed by atoms with Crippen molar-refractivity contribution in [3.05, 3.63) is 53.1 Å². The molecule has 2 aromatic rings. The van der Waals surface area contributed by atoms with Crippen LogP contribution in [0.25, 0.3) is 0 Å². The molecule has 0 bridgehead atoms. The number of rotatable bonds is 9. The summed E-state index contributed by atoms with van der Waals surface area (Å²) in [5, 5.41) is 6.34. The fraction of sp³-hybridized carbons (Fsp3) is 0.333. The highest BCUT2D eigenvalue weighted by Gasteiger charge is 2.14. The molecule has 7 heteroatoms. The average Bonchev–Trinajstić information content (AvgIpc) is 2.70. The molecular weight excluding hydrogens is 380 g/mol. The summed E-state index contributed by atoms with van der Waals surface area (Å²) in [6.45, 7) is 1.29. The van der Waals surface area contributed by atoms with E-state index in [9.17, 15) is 9.59 Å². The van der Waals surface area contributed by atoms with Crippen molar-refractivity contribution < 1.29 is 19.1 Å². The van der Waals surface area contributed by atoms with Crippen molar-refractivity contribution >= 4 is 29.1 Å². The first kappa shape index (κ1) is 20.0. The molecule has 0 spiro atoms. The van der Waals surface area contributed by atoms with Gasteiger partial charge in [-0.15, -0.1) is 0 Å². The summed E-state index contributed by atoms with van der Waals surface area (Å²) >= 11 is 5.82. The third-order valence-corrected chi connectivity index (χ3v) is 4.55. The van der Waals surface area contributed by atoms with Crippen LogP contribution in [-0.4, -0.2) is 31.6 Å². The molecule has 0 aromatic heterocycles. The quantitative estimate of drug-likeness (QED) is 0.628. The molecule has 0 fully saturated rings. The van der Waals surface area contributed by atoms with Crippen molar-refractivity contribution in [2.75, 3.05) is 25.1 Å². The molecule has 2 N–H and O–H groups in total. The molecule has 2 amide bonds. The van der Waals surface area contributed by atoms with E-state index in [0.717, 1.165) is 22.7 Å². The van der Waals surface area contributed by atoms with E-state index in [4.69, 9.17) is 21.1 Å². The number of amides is 2. The van der Waals surface area contributed by atoms with Crippen LogP contribution >= 0.6 is 11.6 Å². The van der Waals surface area contributed by atoms with Gasteiger partial charge in [-0.1, -0.05) is 11.6 Å². The van der Waals surface area contributed by atoms with Gasteiger partial charge in [0.2, 0.25) is 11.8 Å². The summed E-state index contributed by atoms with van der Waals surface area (Å²) in [5.41, 5.74) is 1.92. The summed E-state index contributed by atoms with van der Waals surface area (Å²) in [7, 11) is 0. The standard InChI is InChI=1S/C21H23ClN2O4/c22-16-4-6-17(7-5-16)27-12-1-2-20(25)23-11-13-28-18-8-9-19-15(14-18)3-10-21(26)24-19/h4-9,14H,1-3,10-13H2,(H,23,25)(H,24,26). The van der Waals surface area contributed by atoms with Gasteiger partial charge in [0.25, 0.3) is 0 Å². The van der Waals surface area contributed by atoms with Crippen LogP contribution in [0.5, 0.6) is 11.5 Å². The molecule has 0 saturated heterocycles. The van der Waals surface area contributed by atoms with Gasteiger partial charge in [0.1, 0.15) is 18.1 Å². The lowest BCUT2D eigenvalue weighted by Gasteiger charge is -2.17. The second-order valence-corrected chi connectivity index (χ2v) is 6.91. The first-order chi connectivity index (χ1) is 13.6. The van der Waals surface area contributed by atoms with Gasteiger partial charge in [-0.25, -0.2) is 0 Å². The number of carbonyl (C=O) groups is 2. The van der Waals surface area contributed by atoms with E-state index in [0.29, 0.717) is 50.5 Å². The van der Waals surface area contributed by atoms with E-state index >= 15 is 0 Å². The number of ether oxygens (including phenoxy) is 2. The second-order valence-electron chi connectivity index (χ2n) is 6.47. The Hall–Kier alpha value is -2.73. The maximum atomic E-state index is 11.9. The molecule has 1 aliphatic rings. The Bertz CT molecular complexity index is 824. The maximum Gasteiger partial charge on any atom is 0.224 e. The number of anilines is 1. The minimum Gasteiger partial charge on any atom is -0.494 e. The predicted octanol–water partition coefficient (Wildman–Crippen LogP) is 3.58. The lowest BCUT2D eigenvalue weighted by atomic mass is 10.0. The van der Waals surface area contributed by atoms with Crippen molar-refractivity contribution in [3.63, 3.8) is 0 Å². The molecule has 0 unspecified atom stereocenters. The summed E-state index contributed by atoms with van der Waals surface area (Å²) in [6, 6.07) is 12.7. The van der Waals surface area contributed by atoms with Crippen LogP contribution in [-0.2, 0) is 16.0 Å². The van der Waals surface area contributed by atoms with Crippen LogP contribution in [0.2, 0.25) is 5.02 Å². The second kappa shape index (κ2) is 9.99. The van der Waals surface area contributed by atoms with E-state index in [2.05, 4.69) is 10.6 Å². The Balaban J connectivity index is 1.28. The fourth-order valence-corrected chi connectivity index (χ4v) is 2.98. The average molecular weight is 403 g/mol. The number of hydrogen-bond acceptors (Lipinski definition) is 4. The molecule has 148 valence electrons. The number of nitrogens with one attached hydrogen (secondary N) is 2. The van der Waals surface area contributed by atoms with E-state index < -0.39 is 0 Å². The summed E-state index contributed by atoms with van der Waals surface area (Å²) < 4.78 is 11.2. The van der Waals surface area contributed by atoms with E-state index in [1.54, 1.807) is 24.3 Å². The lowest BCUT2D eigenvalue weighted by Crippen LogP contribution is -2.28. The van der Waals surface area contributed by atoms with Crippen molar-refractivity contribution in [3.8, 4) is 11.5 Å². The molecule has 0 aliphatic carbocycles. The van der Waals surface area contributed by atoms with Crippen molar-refractivity contribution in [1.29, 1.82) is 0 Å². The Morgan fingerprint density at radius 3 is 2.61 bits per heavy atom. The summed E-state index contributed by atoms with van der Waals surface area (Å²) in [4.78, 5) is 23.2. The Morgan fingerprint density at radius 2 is 1.79 bits per heavy atom. The molecule has 0 radical (unpaired) electrons. The van der Waals surface area contributed by atoms with Gasteiger partial charge in [0.05, 0.1) is 13.2 Å². The van der Waals surface area contributed by atoms with Crippen LogP contribution in [0.1, 0.15) is 24.8 Å². The Kier molecular flexibility index (Phi) is 7.14. The smallest absolute Gasteiger partial charge is 0.224 e.